The summed E-state index contributed by atoms with van der Waals surface area (Å²) >= 11 is 0. The molecule has 0 aromatic carbocycles. The third-order valence-electron chi connectivity index (χ3n) is 3.91. The quantitative estimate of drug-likeness (QED) is 0.516. The molecule has 0 saturated carbocycles. The van der Waals surface area contributed by atoms with E-state index in [9.17, 15) is 4.79 Å². The highest BCUT2D eigenvalue weighted by atomic mass is 16.2. The van der Waals surface area contributed by atoms with Crippen molar-refractivity contribution in [3.63, 3.8) is 0 Å². The van der Waals surface area contributed by atoms with Crippen molar-refractivity contribution < 1.29 is 4.79 Å². The summed E-state index contributed by atoms with van der Waals surface area (Å²) in [7, 11) is 0. The molecule has 0 bridgehead atoms. The van der Waals surface area contributed by atoms with Crippen LogP contribution in [0.1, 0.15) is 34.1 Å². The number of hydrogen-bond acceptors (Lipinski definition) is 4. The van der Waals surface area contributed by atoms with Gasteiger partial charge in [-0.15, -0.1) is 0 Å². The molecule has 5 N–H and O–H groups in total. The molecule has 0 aromatic heterocycles. The number of carbonyl (C=O) groups is 1. The van der Waals surface area contributed by atoms with Gasteiger partial charge in [0.25, 0.3) is 5.91 Å². The van der Waals surface area contributed by atoms with E-state index in [1.54, 1.807) is 6.08 Å². The van der Waals surface area contributed by atoms with Gasteiger partial charge in [0, 0.05) is 25.2 Å². The Labute approximate surface area is 122 Å². The maximum atomic E-state index is 12.1. The molecule has 114 valence electrons. The van der Waals surface area contributed by atoms with E-state index >= 15 is 0 Å². The second-order valence-corrected chi connectivity index (χ2v) is 5.80. The number of allylic oxidation sites excluding steroid dienone is 2. The third kappa shape index (κ3) is 4.27. The highest BCUT2D eigenvalue weighted by Gasteiger charge is 2.31. The summed E-state index contributed by atoms with van der Waals surface area (Å²) in [5.74, 6) is 0.227. The molecule has 20 heavy (non-hydrogen) atoms. The van der Waals surface area contributed by atoms with Crippen LogP contribution in [0.4, 0.5) is 0 Å². The lowest BCUT2D eigenvalue weighted by atomic mass is 10.1. The van der Waals surface area contributed by atoms with Gasteiger partial charge < -0.3 is 16.8 Å². The Balaban J connectivity index is 2.63. The van der Waals surface area contributed by atoms with Gasteiger partial charge in [-0.25, -0.2) is 0 Å². The molecule has 1 saturated heterocycles. The molecule has 0 aromatic rings. The molecular formula is C15H28N4O. The molecule has 0 spiro atoms. The highest BCUT2D eigenvalue weighted by Crippen LogP contribution is 2.18. The minimum absolute atomic E-state index is 0.156. The summed E-state index contributed by atoms with van der Waals surface area (Å²) in [5, 5.41) is 3.02. The van der Waals surface area contributed by atoms with Crippen molar-refractivity contribution in [1.29, 1.82) is 0 Å². The van der Waals surface area contributed by atoms with Crippen LogP contribution in [-0.4, -0.2) is 36.0 Å². The van der Waals surface area contributed by atoms with E-state index in [0.717, 1.165) is 25.1 Å². The normalized spacial score (nSPS) is 25.2. The van der Waals surface area contributed by atoms with E-state index in [-0.39, 0.29) is 17.6 Å². The van der Waals surface area contributed by atoms with Gasteiger partial charge >= 0.3 is 0 Å². The van der Waals surface area contributed by atoms with Crippen molar-refractivity contribution in [2.45, 2.75) is 46.2 Å². The number of carbonyl (C=O) groups excluding carboxylic acids is 1. The summed E-state index contributed by atoms with van der Waals surface area (Å²) in [6, 6.07) is 0.655. The van der Waals surface area contributed by atoms with Crippen LogP contribution >= 0.6 is 0 Å². The Hall–Kier alpha value is -1.49. The number of nitrogens with zero attached hydrogens (tertiary/aromatic N) is 1. The zero-order chi connectivity index (χ0) is 15.3. The summed E-state index contributed by atoms with van der Waals surface area (Å²) in [6.45, 7) is 10.4. The molecule has 1 fully saturated rings. The average molecular weight is 280 g/mol. The van der Waals surface area contributed by atoms with Crippen LogP contribution in [0.3, 0.4) is 0 Å². The lowest BCUT2D eigenvalue weighted by Gasteiger charge is -2.20. The van der Waals surface area contributed by atoms with E-state index in [1.807, 2.05) is 6.92 Å². The SMILES string of the molecule is CCC(=C/N)/C=C(\N)C(=O)NC1CN(C(C)C)CC1C. The molecule has 1 amide bonds. The zero-order valence-electron chi connectivity index (χ0n) is 13.0. The molecule has 1 rings (SSSR count). The van der Waals surface area contributed by atoms with Crippen LogP contribution in [0.2, 0.25) is 0 Å². The van der Waals surface area contributed by atoms with Gasteiger partial charge in [0.2, 0.25) is 0 Å². The first-order valence-corrected chi connectivity index (χ1v) is 7.31. The van der Waals surface area contributed by atoms with Gasteiger partial charge in [-0.05, 0) is 44.0 Å². The Morgan fingerprint density at radius 2 is 2.10 bits per heavy atom. The number of nitrogens with one attached hydrogen (secondary N) is 1. The fourth-order valence-corrected chi connectivity index (χ4v) is 2.40. The standard InChI is InChI=1S/C15H28N4O/c1-5-12(7-16)6-13(17)15(20)18-14-9-19(10(2)3)8-11(14)4/h6-7,10-11,14H,5,8-9,16-17H2,1-4H3,(H,18,20)/b12-7-,13-6-. The predicted molar refractivity (Wildman–Crippen MR) is 82.6 cm³/mol. The molecule has 5 heteroatoms. The van der Waals surface area contributed by atoms with Crippen LogP contribution in [0, 0.1) is 5.92 Å². The maximum Gasteiger partial charge on any atom is 0.267 e. The molecule has 5 nitrogen and oxygen atoms in total. The number of likely N-dealkylation sites (tertiary alicyclic amines) is 1. The monoisotopic (exact) mass is 280 g/mol. The van der Waals surface area contributed by atoms with Gasteiger partial charge in [0.15, 0.2) is 0 Å². The Morgan fingerprint density at radius 1 is 1.45 bits per heavy atom. The second-order valence-electron chi connectivity index (χ2n) is 5.80. The lowest BCUT2D eigenvalue weighted by molar-refractivity contribution is -0.118. The second kappa shape index (κ2) is 7.33. The molecule has 0 aliphatic carbocycles. The van der Waals surface area contributed by atoms with Crippen LogP contribution in [-0.2, 0) is 4.79 Å². The van der Waals surface area contributed by atoms with E-state index < -0.39 is 0 Å². The first-order valence-electron chi connectivity index (χ1n) is 7.31. The Bertz CT molecular complexity index is 401. The van der Waals surface area contributed by atoms with Gasteiger partial charge in [-0.3, -0.25) is 9.69 Å². The molecular weight excluding hydrogens is 252 g/mol. The predicted octanol–water partition coefficient (Wildman–Crippen LogP) is 0.927. The fraction of sp³-hybridized carbons (Fsp3) is 0.667. The molecule has 1 aliphatic heterocycles. The van der Waals surface area contributed by atoms with Crippen molar-refractivity contribution in [1.82, 2.24) is 10.2 Å². The minimum Gasteiger partial charge on any atom is -0.404 e. The lowest BCUT2D eigenvalue weighted by Crippen LogP contribution is -2.42. The first kappa shape index (κ1) is 16.6. The topological polar surface area (TPSA) is 84.4 Å². The average Bonchev–Trinajstić information content (AvgIpc) is 2.77. The number of amides is 1. The van der Waals surface area contributed by atoms with E-state index in [4.69, 9.17) is 11.5 Å². The van der Waals surface area contributed by atoms with Crippen molar-refractivity contribution in [2.24, 2.45) is 17.4 Å². The minimum atomic E-state index is -0.208. The van der Waals surface area contributed by atoms with Crippen LogP contribution in [0.15, 0.2) is 23.5 Å². The molecule has 2 atom stereocenters. The largest absolute Gasteiger partial charge is 0.404 e. The van der Waals surface area contributed by atoms with Gasteiger partial charge in [-0.2, -0.15) is 0 Å². The number of nitrogens with two attached hydrogens (primary N) is 2. The molecule has 1 aliphatic rings. The number of rotatable bonds is 5. The van der Waals surface area contributed by atoms with Crippen molar-refractivity contribution in [3.8, 4) is 0 Å². The molecule has 0 radical (unpaired) electrons. The van der Waals surface area contributed by atoms with Gasteiger partial charge in [0.05, 0.1) is 5.70 Å². The van der Waals surface area contributed by atoms with Gasteiger partial charge in [0.1, 0.15) is 0 Å². The van der Waals surface area contributed by atoms with Crippen molar-refractivity contribution in [3.05, 3.63) is 23.5 Å². The number of hydrogen-bond donors (Lipinski definition) is 3. The van der Waals surface area contributed by atoms with Crippen molar-refractivity contribution >= 4 is 5.91 Å². The Morgan fingerprint density at radius 3 is 2.55 bits per heavy atom. The van der Waals surface area contributed by atoms with E-state index in [0.29, 0.717) is 12.0 Å². The first-order chi connectivity index (χ1) is 9.38. The summed E-state index contributed by atoms with van der Waals surface area (Å²) in [6.07, 6.45) is 3.89. The third-order valence-corrected chi connectivity index (χ3v) is 3.91. The maximum absolute atomic E-state index is 12.1. The highest BCUT2D eigenvalue weighted by molar-refractivity contribution is 5.93. The van der Waals surface area contributed by atoms with Crippen LogP contribution in [0.5, 0.6) is 0 Å². The van der Waals surface area contributed by atoms with Crippen molar-refractivity contribution in [2.75, 3.05) is 13.1 Å². The van der Waals surface area contributed by atoms with Crippen LogP contribution < -0.4 is 16.8 Å². The zero-order valence-corrected chi connectivity index (χ0v) is 13.0. The van der Waals surface area contributed by atoms with Crippen LogP contribution in [0.25, 0.3) is 0 Å². The molecule has 2 unspecified atom stereocenters. The Kier molecular flexibility index (Phi) is 6.07. The van der Waals surface area contributed by atoms with Gasteiger partial charge in [-0.1, -0.05) is 13.8 Å². The fourth-order valence-electron chi connectivity index (χ4n) is 2.40. The smallest absolute Gasteiger partial charge is 0.267 e. The van der Waals surface area contributed by atoms with E-state index in [2.05, 4.69) is 31.0 Å². The van der Waals surface area contributed by atoms with E-state index in [1.165, 1.54) is 6.20 Å². The summed E-state index contributed by atoms with van der Waals surface area (Å²) in [5.41, 5.74) is 12.4. The summed E-state index contributed by atoms with van der Waals surface area (Å²) in [4.78, 5) is 14.5. The molecule has 1 heterocycles. The summed E-state index contributed by atoms with van der Waals surface area (Å²) < 4.78 is 0.